The molecule has 1 aromatic heterocycles. The van der Waals surface area contributed by atoms with Crippen LogP contribution >= 0.6 is 0 Å². The molecule has 1 atom stereocenters. The van der Waals surface area contributed by atoms with Crippen molar-refractivity contribution in [2.24, 2.45) is 5.73 Å². The summed E-state index contributed by atoms with van der Waals surface area (Å²) in [6.45, 7) is 7.30. The van der Waals surface area contributed by atoms with Gasteiger partial charge in [0.2, 0.25) is 5.91 Å². The zero-order valence-electron chi connectivity index (χ0n) is 13.7. The zero-order valence-corrected chi connectivity index (χ0v) is 13.7. The topological polar surface area (TPSA) is 72.9 Å². The second-order valence-corrected chi connectivity index (χ2v) is 6.08. The van der Waals surface area contributed by atoms with Gasteiger partial charge in [-0.2, -0.15) is 0 Å². The SMILES string of the molecule is CCCC(C)(N)C(=O)NCCCn1c(C)nc2ccccc21. The first-order chi connectivity index (χ1) is 10.5. The van der Waals surface area contributed by atoms with Gasteiger partial charge in [0.1, 0.15) is 5.82 Å². The van der Waals surface area contributed by atoms with E-state index in [1.807, 2.05) is 32.0 Å². The number of carbonyl (C=O) groups is 1. The number of nitrogens with one attached hydrogen (secondary N) is 1. The molecule has 2 aromatic rings. The average molecular weight is 302 g/mol. The fraction of sp³-hybridized carbons (Fsp3) is 0.529. The first-order valence-corrected chi connectivity index (χ1v) is 7.95. The summed E-state index contributed by atoms with van der Waals surface area (Å²) in [5, 5.41) is 2.94. The number of amides is 1. The van der Waals surface area contributed by atoms with Crippen LogP contribution in [0.5, 0.6) is 0 Å². The number of carbonyl (C=O) groups excluding carboxylic acids is 1. The van der Waals surface area contributed by atoms with Gasteiger partial charge < -0.3 is 15.6 Å². The third kappa shape index (κ3) is 3.65. The summed E-state index contributed by atoms with van der Waals surface area (Å²) in [4.78, 5) is 16.6. The van der Waals surface area contributed by atoms with Crippen molar-refractivity contribution in [3.05, 3.63) is 30.1 Å². The fourth-order valence-corrected chi connectivity index (χ4v) is 2.75. The molecule has 3 N–H and O–H groups in total. The summed E-state index contributed by atoms with van der Waals surface area (Å²) < 4.78 is 2.19. The van der Waals surface area contributed by atoms with Gasteiger partial charge in [-0.15, -0.1) is 0 Å². The first-order valence-electron chi connectivity index (χ1n) is 7.95. The van der Waals surface area contributed by atoms with Gasteiger partial charge in [-0.05, 0) is 38.8 Å². The molecule has 0 radical (unpaired) electrons. The Kier molecular flexibility index (Phi) is 5.19. The molecule has 0 saturated heterocycles. The van der Waals surface area contributed by atoms with Crippen LogP contribution in [0.2, 0.25) is 0 Å². The minimum atomic E-state index is -0.771. The number of hydrogen-bond donors (Lipinski definition) is 2. The Labute approximate surface area is 131 Å². The van der Waals surface area contributed by atoms with E-state index in [4.69, 9.17) is 5.73 Å². The number of para-hydroxylation sites is 2. The maximum Gasteiger partial charge on any atom is 0.239 e. The standard InChI is InChI=1S/C17H26N4O/c1-4-10-17(3,18)16(22)19-11-7-12-21-13(2)20-14-8-5-6-9-15(14)21/h5-6,8-9H,4,7,10-12,18H2,1-3H3,(H,19,22). The summed E-state index contributed by atoms with van der Waals surface area (Å²) in [5.41, 5.74) is 7.40. The van der Waals surface area contributed by atoms with Gasteiger partial charge in [0, 0.05) is 13.1 Å². The number of rotatable bonds is 7. The Morgan fingerprint density at radius 3 is 2.86 bits per heavy atom. The highest BCUT2D eigenvalue weighted by atomic mass is 16.2. The molecule has 0 saturated carbocycles. The van der Waals surface area contributed by atoms with E-state index in [0.29, 0.717) is 13.0 Å². The van der Waals surface area contributed by atoms with Crippen LogP contribution in [0.15, 0.2) is 24.3 Å². The lowest BCUT2D eigenvalue weighted by Crippen LogP contribution is -2.51. The van der Waals surface area contributed by atoms with Gasteiger partial charge in [0.15, 0.2) is 0 Å². The van der Waals surface area contributed by atoms with Crippen LogP contribution in [0.3, 0.4) is 0 Å². The van der Waals surface area contributed by atoms with E-state index >= 15 is 0 Å². The van der Waals surface area contributed by atoms with Crippen molar-refractivity contribution in [2.75, 3.05) is 6.54 Å². The fourth-order valence-electron chi connectivity index (χ4n) is 2.75. The minimum absolute atomic E-state index is 0.0680. The average Bonchev–Trinajstić information content (AvgIpc) is 2.79. The van der Waals surface area contributed by atoms with Gasteiger partial charge in [0.25, 0.3) is 0 Å². The third-order valence-corrected chi connectivity index (χ3v) is 3.98. The largest absolute Gasteiger partial charge is 0.354 e. The number of nitrogens with two attached hydrogens (primary N) is 1. The number of hydrogen-bond acceptors (Lipinski definition) is 3. The molecule has 1 amide bonds. The maximum atomic E-state index is 12.0. The normalized spacial score (nSPS) is 14.0. The quantitative estimate of drug-likeness (QED) is 0.771. The predicted octanol–water partition coefficient (Wildman–Crippen LogP) is 2.37. The molecule has 0 aliphatic heterocycles. The number of benzene rings is 1. The Morgan fingerprint density at radius 1 is 1.41 bits per heavy atom. The van der Waals surface area contributed by atoms with E-state index in [1.165, 1.54) is 0 Å². The molecule has 120 valence electrons. The lowest BCUT2D eigenvalue weighted by atomic mass is 9.96. The summed E-state index contributed by atoms with van der Waals surface area (Å²) >= 11 is 0. The highest BCUT2D eigenvalue weighted by Gasteiger charge is 2.26. The van der Waals surface area contributed by atoms with Crippen LogP contribution in [0, 0.1) is 6.92 Å². The summed E-state index contributed by atoms with van der Waals surface area (Å²) in [6.07, 6.45) is 2.46. The molecule has 0 bridgehead atoms. The third-order valence-electron chi connectivity index (χ3n) is 3.98. The number of aryl methyl sites for hydroxylation is 2. The van der Waals surface area contributed by atoms with Crippen molar-refractivity contribution < 1.29 is 4.79 Å². The van der Waals surface area contributed by atoms with Crippen LogP contribution in [0.1, 0.15) is 38.9 Å². The lowest BCUT2D eigenvalue weighted by molar-refractivity contribution is -0.126. The molecule has 1 aromatic carbocycles. The Balaban J connectivity index is 1.88. The molecule has 0 spiro atoms. The summed E-state index contributed by atoms with van der Waals surface area (Å²) in [5.74, 6) is 0.934. The van der Waals surface area contributed by atoms with E-state index in [9.17, 15) is 4.79 Å². The smallest absolute Gasteiger partial charge is 0.239 e. The molecule has 0 aliphatic rings. The van der Waals surface area contributed by atoms with Crippen molar-refractivity contribution >= 4 is 16.9 Å². The molecule has 1 heterocycles. The van der Waals surface area contributed by atoms with Crippen LogP contribution in [0.4, 0.5) is 0 Å². The maximum absolute atomic E-state index is 12.0. The second kappa shape index (κ2) is 6.92. The van der Waals surface area contributed by atoms with Crippen molar-refractivity contribution in [2.45, 2.75) is 52.1 Å². The van der Waals surface area contributed by atoms with Crippen molar-refractivity contribution in [1.82, 2.24) is 14.9 Å². The molecule has 5 heteroatoms. The Morgan fingerprint density at radius 2 is 2.14 bits per heavy atom. The molecule has 1 unspecified atom stereocenters. The van der Waals surface area contributed by atoms with Gasteiger partial charge in [-0.1, -0.05) is 25.5 Å². The van der Waals surface area contributed by atoms with E-state index in [2.05, 4.69) is 20.9 Å². The summed E-state index contributed by atoms with van der Waals surface area (Å²) in [7, 11) is 0. The number of fused-ring (bicyclic) bond motifs is 1. The highest BCUT2D eigenvalue weighted by Crippen LogP contribution is 2.15. The molecule has 0 aliphatic carbocycles. The van der Waals surface area contributed by atoms with E-state index < -0.39 is 5.54 Å². The highest BCUT2D eigenvalue weighted by molar-refractivity contribution is 5.85. The van der Waals surface area contributed by atoms with Gasteiger partial charge in [-0.3, -0.25) is 4.79 Å². The molecular weight excluding hydrogens is 276 g/mol. The predicted molar refractivity (Wildman–Crippen MR) is 89.6 cm³/mol. The first kappa shape index (κ1) is 16.5. The second-order valence-electron chi connectivity index (χ2n) is 6.08. The molecule has 0 fully saturated rings. The van der Waals surface area contributed by atoms with Crippen LogP contribution < -0.4 is 11.1 Å². The van der Waals surface area contributed by atoms with E-state index in [0.717, 1.165) is 36.2 Å². The van der Waals surface area contributed by atoms with Crippen LogP contribution in [-0.4, -0.2) is 27.5 Å². The van der Waals surface area contributed by atoms with E-state index in [1.54, 1.807) is 6.92 Å². The van der Waals surface area contributed by atoms with Crippen molar-refractivity contribution in [3.63, 3.8) is 0 Å². The summed E-state index contributed by atoms with van der Waals surface area (Å²) in [6, 6.07) is 8.11. The number of imidazole rings is 1. The Bertz CT molecular complexity index is 645. The minimum Gasteiger partial charge on any atom is -0.354 e. The van der Waals surface area contributed by atoms with Crippen LogP contribution in [-0.2, 0) is 11.3 Å². The molecule has 22 heavy (non-hydrogen) atoms. The number of aromatic nitrogens is 2. The van der Waals surface area contributed by atoms with Gasteiger partial charge in [-0.25, -0.2) is 4.98 Å². The van der Waals surface area contributed by atoms with Gasteiger partial charge >= 0.3 is 0 Å². The van der Waals surface area contributed by atoms with Gasteiger partial charge in [0.05, 0.1) is 16.6 Å². The van der Waals surface area contributed by atoms with Crippen molar-refractivity contribution in [1.29, 1.82) is 0 Å². The zero-order chi connectivity index (χ0) is 16.2. The van der Waals surface area contributed by atoms with Crippen molar-refractivity contribution in [3.8, 4) is 0 Å². The van der Waals surface area contributed by atoms with E-state index in [-0.39, 0.29) is 5.91 Å². The Hall–Kier alpha value is -1.88. The van der Waals surface area contributed by atoms with Crippen LogP contribution in [0.25, 0.3) is 11.0 Å². The lowest BCUT2D eigenvalue weighted by Gasteiger charge is -2.22. The molecule has 5 nitrogen and oxygen atoms in total. The molecular formula is C17H26N4O. The monoisotopic (exact) mass is 302 g/mol. The molecule has 2 rings (SSSR count). The number of nitrogens with zero attached hydrogens (tertiary/aromatic N) is 2.